The molecule has 0 heterocycles. The third-order valence-corrected chi connectivity index (χ3v) is 2.93. The van der Waals surface area contributed by atoms with E-state index in [1.807, 2.05) is 0 Å². The van der Waals surface area contributed by atoms with Crippen LogP contribution in [0.25, 0.3) is 0 Å². The maximum atomic E-state index is 11.5. The van der Waals surface area contributed by atoms with Crippen LogP contribution in [0.15, 0.2) is 0 Å². The minimum Gasteiger partial charge on any atom is -0.372 e. The molecule has 12 heavy (non-hydrogen) atoms. The van der Waals surface area contributed by atoms with E-state index in [-0.39, 0.29) is 13.0 Å². The van der Waals surface area contributed by atoms with Crippen molar-refractivity contribution in [1.29, 1.82) is 0 Å². The molecule has 0 aromatic rings. The third-order valence-electron chi connectivity index (χ3n) is 0.978. The van der Waals surface area contributed by atoms with Gasteiger partial charge < -0.3 is 13.8 Å². The fourth-order valence-corrected chi connectivity index (χ4v) is 2.13. The number of hydrogen-bond donors (Lipinski definition) is 0. The molecule has 1 unspecified atom stereocenters. The zero-order valence-corrected chi connectivity index (χ0v) is 8.94. The van der Waals surface area contributed by atoms with Gasteiger partial charge in [-0.1, -0.05) is 0 Å². The molecule has 0 aliphatic carbocycles. The molecule has 4 nitrogen and oxygen atoms in total. The highest BCUT2D eigenvalue weighted by molar-refractivity contribution is 7.53. The van der Waals surface area contributed by atoms with Gasteiger partial charge >= 0.3 is 7.60 Å². The maximum Gasteiger partial charge on any atom is 0.356 e. The highest BCUT2D eigenvalue weighted by Crippen LogP contribution is 2.47. The molecule has 0 aliphatic rings. The lowest BCUT2D eigenvalue weighted by Crippen LogP contribution is -2.03. The molecule has 0 N–H and O–H groups in total. The summed E-state index contributed by atoms with van der Waals surface area (Å²) >= 11 is 5.37. The van der Waals surface area contributed by atoms with Crippen molar-refractivity contribution in [2.24, 2.45) is 0 Å². The molecular weight excluding hydrogens is 202 g/mol. The van der Waals surface area contributed by atoms with Crippen molar-refractivity contribution >= 4 is 19.2 Å². The summed E-state index contributed by atoms with van der Waals surface area (Å²) in [6.07, 6.45) is -0.0300. The van der Waals surface area contributed by atoms with E-state index in [0.717, 1.165) is 0 Å². The largest absolute Gasteiger partial charge is 0.372 e. The summed E-state index contributed by atoms with van der Waals surface area (Å²) in [5.74, 6) is 0.292. The number of rotatable bonds is 7. The number of hydrogen-bond acceptors (Lipinski definition) is 4. The van der Waals surface area contributed by atoms with Crippen LogP contribution < -0.4 is 0 Å². The molecule has 1 atom stereocenters. The molecule has 0 fully saturated rings. The molecule has 0 saturated heterocycles. The predicted molar refractivity (Wildman–Crippen MR) is 47.8 cm³/mol. The van der Waals surface area contributed by atoms with E-state index in [2.05, 4.69) is 0 Å². The van der Waals surface area contributed by atoms with Crippen LogP contribution in [-0.2, 0) is 18.3 Å². The van der Waals surface area contributed by atoms with Crippen LogP contribution in [0.5, 0.6) is 0 Å². The molecule has 6 heteroatoms. The molecule has 0 spiro atoms. The van der Waals surface area contributed by atoms with Crippen LogP contribution in [0.2, 0.25) is 0 Å². The highest BCUT2D eigenvalue weighted by atomic mass is 35.5. The van der Waals surface area contributed by atoms with Gasteiger partial charge in [0.05, 0.1) is 13.2 Å². The van der Waals surface area contributed by atoms with Gasteiger partial charge in [0.15, 0.2) is 0 Å². The van der Waals surface area contributed by atoms with Gasteiger partial charge in [0.1, 0.15) is 6.35 Å². The number of alkyl halides is 1. The Morgan fingerprint density at radius 2 is 2.08 bits per heavy atom. The van der Waals surface area contributed by atoms with E-state index in [1.165, 1.54) is 7.11 Å². The zero-order chi connectivity index (χ0) is 9.45. The van der Waals surface area contributed by atoms with Crippen molar-refractivity contribution in [2.75, 3.05) is 32.6 Å². The summed E-state index contributed by atoms with van der Waals surface area (Å²) in [4.78, 5) is 0. The van der Waals surface area contributed by atoms with Gasteiger partial charge in [-0.3, -0.25) is 4.57 Å². The first-order valence-electron chi connectivity index (χ1n) is 3.61. The Kier molecular flexibility index (Phi) is 7.10. The minimum absolute atomic E-state index is 0.0300. The van der Waals surface area contributed by atoms with Gasteiger partial charge in [0.2, 0.25) is 0 Å². The van der Waals surface area contributed by atoms with Crippen LogP contribution in [-0.4, -0.2) is 32.6 Å². The van der Waals surface area contributed by atoms with Crippen LogP contribution in [0, 0.1) is 0 Å². The molecule has 0 amide bonds. The molecule has 0 aromatic carbocycles. The van der Waals surface area contributed by atoms with E-state index in [0.29, 0.717) is 12.5 Å². The second kappa shape index (κ2) is 6.87. The summed E-state index contributed by atoms with van der Waals surface area (Å²) in [7, 11) is -1.60. The molecule has 0 aromatic heterocycles. The van der Waals surface area contributed by atoms with E-state index in [9.17, 15) is 4.57 Å². The van der Waals surface area contributed by atoms with Gasteiger partial charge in [0, 0.05) is 13.0 Å². The first-order chi connectivity index (χ1) is 5.68. The van der Waals surface area contributed by atoms with E-state index >= 15 is 0 Å². The van der Waals surface area contributed by atoms with Crippen molar-refractivity contribution in [2.45, 2.75) is 6.92 Å². The average molecular weight is 217 g/mol. The summed E-state index contributed by atoms with van der Waals surface area (Å²) in [6.45, 7) is 2.29. The smallest absolute Gasteiger partial charge is 0.356 e. The minimum atomic E-state index is -3.04. The van der Waals surface area contributed by atoms with E-state index in [4.69, 9.17) is 25.4 Å². The predicted octanol–water partition coefficient (Wildman–Crippen LogP) is 2.08. The SMILES string of the molecule is CCOP(=O)(COC)OCCCl. The van der Waals surface area contributed by atoms with Crippen molar-refractivity contribution in [3.05, 3.63) is 0 Å². The Morgan fingerprint density at radius 3 is 2.50 bits per heavy atom. The zero-order valence-electron chi connectivity index (χ0n) is 7.29. The standard InChI is InChI=1S/C6H14ClO4P/c1-3-10-12(8,6-9-2)11-5-4-7/h3-6H2,1-2H3. The Labute approximate surface area is 77.7 Å². The van der Waals surface area contributed by atoms with Crippen LogP contribution in [0.3, 0.4) is 0 Å². The van der Waals surface area contributed by atoms with Crippen molar-refractivity contribution in [3.63, 3.8) is 0 Å². The Balaban J connectivity index is 3.90. The quantitative estimate of drug-likeness (QED) is 0.483. The normalized spacial score (nSPS) is 15.9. The van der Waals surface area contributed by atoms with Crippen molar-refractivity contribution in [3.8, 4) is 0 Å². The van der Waals surface area contributed by atoms with Crippen molar-refractivity contribution in [1.82, 2.24) is 0 Å². The lowest BCUT2D eigenvalue weighted by atomic mass is 10.9. The van der Waals surface area contributed by atoms with Crippen LogP contribution in [0.4, 0.5) is 0 Å². The Hall–Kier alpha value is 0.400. The van der Waals surface area contributed by atoms with Crippen LogP contribution in [0.1, 0.15) is 6.92 Å². The van der Waals surface area contributed by atoms with Gasteiger partial charge in [0.25, 0.3) is 0 Å². The molecule has 0 saturated carbocycles. The fraction of sp³-hybridized carbons (Fsp3) is 1.00. The molecule has 0 radical (unpaired) electrons. The monoisotopic (exact) mass is 216 g/mol. The highest BCUT2D eigenvalue weighted by Gasteiger charge is 2.23. The number of ether oxygens (including phenoxy) is 1. The number of methoxy groups -OCH3 is 1. The first kappa shape index (κ1) is 12.4. The summed E-state index contributed by atoms with van der Waals surface area (Å²) in [5, 5.41) is 0. The van der Waals surface area contributed by atoms with E-state index < -0.39 is 7.60 Å². The molecule has 0 rings (SSSR count). The lowest BCUT2D eigenvalue weighted by molar-refractivity contribution is 0.167. The second-order valence-corrected chi connectivity index (χ2v) is 4.34. The van der Waals surface area contributed by atoms with Gasteiger partial charge in [-0.15, -0.1) is 11.6 Å². The molecule has 0 aliphatic heterocycles. The van der Waals surface area contributed by atoms with Gasteiger partial charge in [-0.25, -0.2) is 0 Å². The Morgan fingerprint density at radius 1 is 1.42 bits per heavy atom. The second-order valence-electron chi connectivity index (χ2n) is 1.97. The Bertz CT molecular complexity index is 142. The lowest BCUT2D eigenvalue weighted by Gasteiger charge is -2.15. The molecule has 74 valence electrons. The third kappa shape index (κ3) is 5.12. The first-order valence-corrected chi connectivity index (χ1v) is 5.88. The number of halogens is 1. The fourth-order valence-electron chi connectivity index (χ4n) is 0.640. The topological polar surface area (TPSA) is 44.8 Å². The van der Waals surface area contributed by atoms with E-state index in [1.54, 1.807) is 6.92 Å². The maximum absolute atomic E-state index is 11.5. The average Bonchev–Trinajstić information content (AvgIpc) is 2.02. The summed E-state index contributed by atoms with van der Waals surface area (Å²) < 4.78 is 26.1. The van der Waals surface area contributed by atoms with Crippen molar-refractivity contribution < 1.29 is 18.3 Å². The van der Waals surface area contributed by atoms with Gasteiger partial charge in [-0.2, -0.15) is 0 Å². The molecule has 0 bridgehead atoms. The summed E-state index contributed by atoms with van der Waals surface area (Å²) in [5.41, 5.74) is 0. The van der Waals surface area contributed by atoms with Gasteiger partial charge in [-0.05, 0) is 6.92 Å². The van der Waals surface area contributed by atoms with Crippen LogP contribution >= 0.6 is 19.2 Å². The summed E-state index contributed by atoms with van der Waals surface area (Å²) in [6, 6.07) is 0. The molecular formula is C6H14ClO4P.